The maximum absolute atomic E-state index is 12.4. The molecule has 2 atom stereocenters. The van der Waals surface area contributed by atoms with Crippen molar-refractivity contribution in [2.75, 3.05) is 42.1 Å². The van der Waals surface area contributed by atoms with Crippen molar-refractivity contribution >= 4 is 56.9 Å². The fourth-order valence-electron chi connectivity index (χ4n) is 3.92. The first-order valence-electron chi connectivity index (χ1n) is 11.8. The van der Waals surface area contributed by atoms with Crippen LogP contribution in [0.3, 0.4) is 0 Å². The number of urea groups is 1. The number of aliphatic hydroxyl groups is 1. The van der Waals surface area contributed by atoms with Crippen LogP contribution in [0.15, 0.2) is 34.9 Å². The molecule has 0 saturated carbocycles. The molecule has 0 spiro atoms. The van der Waals surface area contributed by atoms with Gasteiger partial charge in [0, 0.05) is 50.2 Å². The van der Waals surface area contributed by atoms with Crippen LogP contribution in [0.5, 0.6) is 0 Å². The molecule has 6 N–H and O–H groups in total. The second-order valence-corrected chi connectivity index (χ2v) is 9.50. The summed E-state index contributed by atoms with van der Waals surface area (Å²) in [7, 11) is 0. The van der Waals surface area contributed by atoms with Crippen LogP contribution in [0, 0.1) is 0 Å². The van der Waals surface area contributed by atoms with E-state index in [0.717, 1.165) is 0 Å². The van der Waals surface area contributed by atoms with Gasteiger partial charge in [-0.05, 0) is 53.4 Å². The number of carbonyl (C=O) groups excluding carboxylic acids is 3. The van der Waals surface area contributed by atoms with Crippen LogP contribution in [-0.4, -0.2) is 76.1 Å². The zero-order valence-corrected chi connectivity index (χ0v) is 21.2. The van der Waals surface area contributed by atoms with Crippen molar-refractivity contribution in [3.63, 3.8) is 0 Å². The molecule has 3 heterocycles. The molecule has 0 bridgehead atoms. The quantitative estimate of drug-likeness (QED) is 0.253. The van der Waals surface area contributed by atoms with Crippen LogP contribution in [0.4, 0.5) is 27.9 Å². The van der Waals surface area contributed by atoms with E-state index in [1.54, 1.807) is 29.3 Å². The van der Waals surface area contributed by atoms with Gasteiger partial charge in [0.25, 0.3) is 0 Å². The Morgan fingerprint density at radius 1 is 1.22 bits per heavy atom. The molecule has 2 aliphatic rings. The maximum Gasteiger partial charge on any atom is 0.321 e. The first-order valence-corrected chi connectivity index (χ1v) is 12.6. The molecule has 12 nitrogen and oxygen atoms in total. The van der Waals surface area contributed by atoms with Crippen LogP contribution in [0.1, 0.15) is 25.7 Å². The lowest BCUT2D eigenvalue weighted by Gasteiger charge is -2.17. The molecule has 1 aromatic carbocycles. The van der Waals surface area contributed by atoms with Gasteiger partial charge in [0.05, 0.1) is 10.6 Å². The number of likely N-dealkylation sites (tertiary alicyclic amines) is 1. The van der Waals surface area contributed by atoms with Crippen molar-refractivity contribution in [3.8, 4) is 0 Å². The Morgan fingerprint density at radius 2 is 2.06 bits per heavy atom. The van der Waals surface area contributed by atoms with E-state index in [0.29, 0.717) is 79.5 Å². The van der Waals surface area contributed by atoms with Crippen molar-refractivity contribution in [2.45, 2.75) is 37.8 Å². The minimum Gasteiger partial charge on any atom is -0.391 e. The molecular formula is C23H29BrN8O4. The van der Waals surface area contributed by atoms with Crippen LogP contribution in [0.25, 0.3) is 0 Å². The summed E-state index contributed by atoms with van der Waals surface area (Å²) in [6, 6.07) is 6.51. The molecule has 36 heavy (non-hydrogen) atoms. The van der Waals surface area contributed by atoms with Gasteiger partial charge in [-0.2, -0.15) is 4.98 Å². The lowest BCUT2D eigenvalue weighted by atomic mass is 10.2. The summed E-state index contributed by atoms with van der Waals surface area (Å²) < 4.78 is 0.694. The summed E-state index contributed by atoms with van der Waals surface area (Å²) in [5.41, 5.74) is 1.31. The van der Waals surface area contributed by atoms with Crippen LogP contribution in [-0.2, 0) is 9.59 Å². The van der Waals surface area contributed by atoms with E-state index in [2.05, 4.69) is 52.5 Å². The average molecular weight is 561 g/mol. The van der Waals surface area contributed by atoms with Gasteiger partial charge in [-0.15, -0.1) is 0 Å². The van der Waals surface area contributed by atoms with Crippen molar-refractivity contribution in [1.29, 1.82) is 0 Å². The van der Waals surface area contributed by atoms with Gasteiger partial charge in [0.2, 0.25) is 17.8 Å². The van der Waals surface area contributed by atoms with Gasteiger partial charge in [-0.1, -0.05) is 6.07 Å². The number of rotatable bonds is 9. The second-order valence-electron chi connectivity index (χ2n) is 8.64. The summed E-state index contributed by atoms with van der Waals surface area (Å²) in [6.45, 7) is 1.90. The molecule has 4 rings (SSSR count). The summed E-state index contributed by atoms with van der Waals surface area (Å²) in [5.74, 6) is 0.720. The molecule has 2 fully saturated rings. The van der Waals surface area contributed by atoms with E-state index in [-0.39, 0.29) is 17.8 Å². The van der Waals surface area contributed by atoms with Gasteiger partial charge in [0.1, 0.15) is 11.9 Å². The molecule has 1 aromatic heterocycles. The third kappa shape index (κ3) is 7.04. The Labute approximate surface area is 216 Å². The minimum atomic E-state index is -0.471. The summed E-state index contributed by atoms with van der Waals surface area (Å²) in [4.78, 5) is 46.0. The predicted molar refractivity (Wildman–Crippen MR) is 138 cm³/mol. The smallest absolute Gasteiger partial charge is 0.321 e. The average Bonchev–Trinajstić information content (AvgIpc) is 3.49. The summed E-state index contributed by atoms with van der Waals surface area (Å²) in [6.07, 6.45) is 3.33. The second kappa shape index (κ2) is 12.0. The Bertz CT molecular complexity index is 1120. The van der Waals surface area contributed by atoms with Crippen LogP contribution >= 0.6 is 15.9 Å². The van der Waals surface area contributed by atoms with Crippen molar-refractivity contribution in [3.05, 3.63) is 34.9 Å². The number of carbonyl (C=O) groups is 3. The van der Waals surface area contributed by atoms with Crippen LogP contribution < -0.4 is 26.6 Å². The van der Waals surface area contributed by atoms with Gasteiger partial charge < -0.3 is 36.6 Å². The Hall–Kier alpha value is -3.45. The number of nitrogens with one attached hydrogen (secondary N) is 5. The topological polar surface area (TPSA) is 161 Å². The number of nitrogens with zero attached hydrogens (tertiary/aromatic N) is 3. The van der Waals surface area contributed by atoms with E-state index < -0.39 is 12.1 Å². The number of hydrogen-bond donors (Lipinski definition) is 6. The molecule has 4 amide bonds. The third-order valence-electron chi connectivity index (χ3n) is 5.82. The van der Waals surface area contributed by atoms with E-state index in [1.807, 2.05) is 6.07 Å². The van der Waals surface area contributed by atoms with Gasteiger partial charge >= 0.3 is 6.03 Å². The molecule has 192 valence electrons. The lowest BCUT2D eigenvalue weighted by molar-refractivity contribution is -0.125. The van der Waals surface area contributed by atoms with Crippen molar-refractivity contribution < 1.29 is 19.5 Å². The summed E-state index contributed by atoms with van der Waals surface area (Å²) in [5, 5.41) is 24.3. The molecule has 2 saturated heterocycles. The van der Waals surface area contributed by atoms with Crippen molar-refractivity contribution in [1.82, 2.24) is 25.5 Å². The monoisotopic (exact) mass is 560 g/mol. The van der Waals surface area contributed by atoms with E-state index in [4.69, 9.17) is 0 Å². The normalized spacial score (nSPS) is 19.1. The Kier molecular flexibility index (Phi) is 8.54. The molecule has 0 unspecified atom stereocenters. The standard InChI is InChI=1S/C23H29BrN8O4/c24-17-12-27-22(31-20(17)25-8-2-9-26-21(35)18-5-6-19(34)30-18)28-14-3-1-4-15(11-14)29-23(36)32-10-7-16(33)13-32/h1,3-4,11-12,16,18,33H,2,5-10,13H2,(H,26,35)(H,29,36)(H,30,34)(H2,25,27,28,31)/t16-,18+/m1/s1. The molecule has 0 aliphatic carbocycles. The summed E-state index contributed by atoms with van der Waals surface area (Å²) >= 11 is 3.44. The van der Waals surface area contributed by atoms with Gasteiger partial charge in [0.15, 0.2) is 0 Å². The van der Waals surface area contributed by atoms with Gasteiger partial charge in [-0.3, -0.25) is 9.59 Å². The number of β-amino-alcohol motifs (C(OH)–C–C–N with tert-alkyl or cyclic N) is 1. The van der Waals surface area contributed by atoms with E-state index in [1.165, 1.54) is 0 Å². The number of aliphatic hydroxyl groups excluding tert-OH is 1. The van der Waals surface area contributed by atoms with E-state index in [9.17, 15) is 19.5 Å². The molecule has 2 aromatic rings. The molecule has 2 aliphatic heterocycles. The van der Waals surface area contributed by atoms with Gasteiger partial charge in [-0.25, -0.2) is 9.78 Å². The number of aromatic nitrogens is 2. The predicted octanol–water partition coefficient (Wildman–Crippen LogP) is 1.78. The van der Waals surface area contributed by atoms with Crippen LogP contribution in [0.2, 0.25) is 0 Å². The zero-order chi connectivity index (χ0) is 25.5. The lowest BCUT2D eigenvalue weighted by Crippen LogP contribution is -2.42. The fourth-order valence-corrected chi connectivity index (χ4v) is 4.26. The largest absolute Gasteiger partial charge is 0.391 e. The number of benzene rings is 1. The Morgan fingerprint density at radius 3 is 2.81 bits per heavy atom. The Balaban J connectivity index is 1.25. The zero-order valence-electron chi connectivity index (χ0n) is 19.6. The molecular weight excluding hydrogens is 532 g/mol. The number of anilines is 4. The first kappa shape index (κ1) is 25.6. The first-order chi connectivity index (χ1) is 17.4. The highest BCUT2D eigenvalue weighted by Gasteiger charge is 2.26. The number of amides is 4. The molecule has 0 radical (unpaired) electrons. The van der Waals surface area contributed by atoms with E-state index >= 15 is 0 Å². The SMILES string of the molecule is O=C1CC[C@@H](C(=O)NCCCNc2nc(Nc3cccc(NC(=O)N4CC[C@@H](O)C4)c3)ncc2Br)N1. The minimum absolute atomic E-state index is 0.0888. The maximum atomic E-state index is 12.4. The van der Waals surface area contributed by atoms with Crippen molar-refractivity contribution in [2.24, 2.45) is 0 Å². The fraction of sp³-hybridized carbons (Fsp3) is 0.435. The highest BCUT2D eigenvalue weighted by atomic mass is 79.9. The molecule has 13 heteroatoms. The number of halogens is 1. The third-order valence-corrected chi connectivity index (χ3v) is 6.40. The number of hydrogen-bond acceptors (Lipinski definition) is 8. The highest BCUT2D eigenvalue weighted by molar-refractivity contribution is 9.10. The highest BCUT2D eigenvalue weighted by Crippen LogP contribution is 2.23.